The van der Waals surface area contributed by atoms with Crippen molar-refractivity contribution in [1.82, 2.24) is 9.78 Å². The van der Waals surface area contributed by atoms with Gasteiger partial charge in [-0.05, 0) is 48.5 Å². The van der Waals surface area contributed by atoms with E-state index in [0.29, 0.717) is 16.4 Å². The predicted octanol–water partition coefficient (Wildman–Crippen LogP) is 5.28. The van der Waals surface area contributed by atoms with Crippen molar-refractivity contribution in [1.29, 1.82) is 0 Å². The number of urea groups is 1. The number of carbonyl (C=O) groups is 1. The zero-order valence-electron chi connectivity index (χ0n) is 14.4. The molecule has 0 aliphatic rings. The average Bonchev–Trinajstić information content (AvgIpc) is 3.03. The molecule has 3 aromatic rings. The number of ether oxygens (including phenoxy) is 1. The number of anilines is 2. The van der Waals surface area contributed by atoms with E-state index in [-0.39, 0.29) is 11.3 Å². The van der Waals surface area contributed by atoms with Crippen LogP contribution >= 0.6 is 11.6 Å². The van der Waals surface area contributed by atoms with Gasteiger partial charge in [0.2, 0.25) is 0 Å². The van der Waals surface area contributed by atoms with Gasteiger partial charge in [0.1, 0.15) is 5.75 Å². The van der Waals surface area contributed by atoms with E-state index >= 15 is 0 Å². The van der Waals surface area contributed by atoms with Gasteiger partial charge in [-0.2, -0.15) is 5.10 Å². The molecule has 0 atom stereocenters. The van der Waals surface area contributed by atoms with Crippen LogP contribution in [0.2, 0.25) is 5.02 Å². The third-order valence-corrected chi connectivity index (χ3v) is 3.91. The van der Waals surface area contributed by atoms with Crippen LogP contribution in [0, 0.1) is 0 Å². The van der Waals surface area contributed by atoms with Crippen LogP contribution < -0.4 is 15.4 Å². The number of amides is 2. The van der Waals surface area contributed by atoms with Crippen LogP contribution in [-0.2, 0) is 7.05 Å². The zero-order chi connectivity index (χ0) is 20.3. The summed E-state index contributed by atoms with van der Waals surface area (Å²) in [5, 5.41) is 9.64. The van der Waals surface area contributed by atoms with Gasteiger partial charge in [-0.15, -0.1) is 13.2 Å². The molecule has 146 valence electrons. The summed E-state index contributed by atoms with van der Waals surface area (Å²) in [5.74, 6) is -0.403. The van der Waals surface area contributed by atoms with Crippen LogP contribution in [0.4, 0.5) is 29.3 Å². The van der Waals surface area contributed by atoms with E-state index in [4.69, 9.17) is 11.6 Å². The van der Waals surface area contributed by atoms with Crippen molar-refractivity contribution in [3.63, 3.8) is 0 Å². The van der Waals surface area contributed by atoms with Crippen LogP contribution in [0.15, 0.2) is 54.7 Å². The lowest BCUT2D eigenvalue weighted by molar-refractivity contribution is -0.274. The Bertz CT molecular complexity index is 987. The minimum atomic E-state index is -4.85. The van der Waals surface area contributed by atoms with Gasteiger partial charge in [-0.1, -0.05) is 11.6 Å². The molecule has 0 saturated heterocycles. The molecule has 3 rings (SSSR count). The second kappa shape index (κ2) is 7.81. The molecular formula is C18H14ClF3N4O2. The van der Waals surface area contributed by atoms with E-state index in [1.54, 1.807) is 31.3 Å². The van der Waals surface area contributed by atoms with Gasteiger partial charge in [0, 0.05) is 35.2 Å². The van der Waals surface area contributed by atoms with Gasteiger partial charge in [0.05, 0.1) is 5.69 Å². The highest BCUT2D eigenvalue weighted by molar-refractivity contribution is 6.30. The number of halogens is 4. The lowest BCUT2D eigenvalue weighted by Gasteiger charge is -2.15. The van der Waals surface area contributed by atoms with Crippen molar-refractivity contribution in [2.75, 3.05) is 10.6 Å². The van der Waals surface area contributed by atoms with Crippen molar-refractivity contribution in [3.05, 3.63) is 59.8 Å². The van der Waals surface area contributed by atoms with Crippen LogP contribution in [-0.4, -0.2) is 22.2 Å². The van der Waals surface area contributed by atoms with E-state index in [0.717, 1.165) is 6.07 Å². The Kier molecular flexibility index (Phi) is 5.46. The SMILES string of the molecule is Cn1nccc1-c1cc(NC(=O)Nc2ccc(Cl)cc2)ccc1OC(F)(F)F. The van der Waals surface area contributed by atoms with Crippen LogP contribution in [0.25, 0.3) is 11.3 Å². The van der Waals surface area contributed by atoms with E-state index in [1.807, 2.05) is 0 Å². The fourth-order valence-corrected chi connectivity index (χ4v) is 2.61. The summed E-state index contributed by atoms with van der Waals surface area (Å²) in [6.45, 7) is 0. The quantitative estimate of drug-likeness (QED) is 0.614. The lowest BCUT2D eigenvalue weighted by atomic mass is 10.1. The Morgan fingerprint density at radius 3 is 2.32 bits per heavy atom. The molecule has 0 spiro atoms. The number of hydrogen-bond donors (Lipinski definition) is 2. The highest BCUT2D eigenvalue weighted by Crippen LogP contribution is 2.35. The number of carbonyl (C=O) groups excluding carboxylic acids is 1. The molecule has 6 nitrogen and oxygen atoms in total. The minimum absolute atomic E-state index is 0.126. The zero-order valence-corrected chi connectivity index (χ0v) is 15.2. The third-order valence-electron chi connectivity index (χ3n) is 3.66. The smallest absolute Gasteiger partial charge is 0.405 e. The molecule has 0 radical (unpaired) electrons. The standard InChI is InChI=1S/C18H14ClF3N4O2/c1-26-15(8-9-23-26)14-10-13(6-7-16(14)28-18(20,21)22)25-17(27)24-12-4-2-11(19)3-5-12/h2-10H,1H3,(H2,24,25,27). The van der Waals surface area contributed by atoms with E-state index in [1.165, 1.54) is 29.1 Å². The Morgan fingerprint density at radius 1 is 1.07 bits per heavy atom. The van der Waals surface area contributed by atoms with E-state index in [2.05, 4.69) is 20.5 Å². The van der Waals surface area contributed by atoms with Gasteiger partial charge in [-0.25, -0.2) is 4.79 Å². The normalized spacial score (nSPS) is 11.2. The number of nitrogens with zero attached hydrogens (tertiary/aromatic N) is 2. The highest BCUT2D eigenvalue weighted by Gasteiger charge is 2.32. The first-order valence-corrected chi connectivity index (χ1v) is 8.31. The van der Waals surface area contributed by atoms with Crippen molar-refractivity contribution >= 4 is 29.0 Å². The van der Waals surface area contributed by atoms with Gasteiger partial charge < -0.3 is 15.4 Å². The molecular weight excluding hydrogens is 397 g/mol. The monoisotopic (exact) mass is 410 g/mol. The maximum Gasteiger partial charge on any atom is 0.573 e. The first-order chi connectivity index (χ1) is 13.2. The number of rotatable bonds is 4. The molecule has 10 heteroatoms. The topological polar surface area (TPSA) is 68.2 Å². The van der Waals surface area contributed by atoms with Gasteiger partial charge in [-0.3, -0.25) is 4.68 Å². The molecule has 2 aromatic carbocycles. The van der Waals surface area contributed by atoms with Gasteiger partial charge in [0.25, 0.3) is 0 Å². The van der Waals surface area contributed by atoms with Crippen molar-refractivity contribution in [3.8, 4) is 17.0 Å². The van der Waals surface area contributed by atoms with Crippen molar-refractivity contribution in [2.24, 2.45) is 7.05 Å². The summed E-state index contributed by atoms with van der Waals surface area (Å²) in [5.41, 5.74) is 1.30. The molecule has 0 bridgehead atoms. The van der Waals surface area contributed by atoms with Crippen LogP contribution in [0.1, 0.15) is 0 Å². The van der Waals surface area contributed by atoms with Crippen molar-refractivity contribution in [2.45, 2.75) is 6.36 Å². The second-order valence-electron chi connectivity index (χ2n) is 5.68. The maximum absolute atomic E-state index is 12.7. The molecule has 0 unspecified atom stereocenters. The molecule has 2 amide bonds. The van der Waals surface area contributed by atoms with Crippen LogP contribution in [0.5, 0.6) is 5.75 Å². The van der Waals surface area contributed by atoms with Gasteiger partial charge in [0.15, 0.2) is 0 Å². The fraction of sp³-hybridized carbons (Fsp3) is 0.111. The Labute approximate surface area is 162 Å². The predicted molar refractivity (Wildman–Crippen MR) is 99.4 cm³/mol. The summed E-state index contributed by atoms with van der Waals surface area (Å²) in [6.07, 6.45) is -3.41. The number of aryl methyl sites for hydroxylation is 1. The minimum Gasteiger partial charge on any atom is -0.405 e. The number of hydrogen-bond acceptors (Lipinski definition) is 3. The molecule has 0 fully saturated rings. The first kappa shape index (κ1) is 19.6. The molecule has 1 aromatic heterocycles. The summed E-state index contributed by atoms with van der Waals surface area (Å²) >= 11 is 5.79. The third kappa shape index (κ3) is 4.95. The molecule has 0 aliphatic heterocycles. The fourth-order valence-electron chi connectivity index (χ4n) is 2.49. The van der Waals surface area contributed by atoms with E-state index < -0.39 is 18.1 Å². The number of aromatic nitrogens is 2. The lowest BCUT2D eigenvalue weighted by Crippen LogP contribution is -2.20. The molecule has 28 heavy (non-hydrogen) atoms. The molecule has 2 N–H and O–H groups in total. The Balaban J connectivity index is 1.84. The highest BCUT2D eigenvalue weighted by atomic mass is 35.5. The van der Waals surface area contributed by atoms with Gasteiger partial charge >= 0.3 is 12.4 Å². The largest absolute Gasteiger partial charge is 0.573 e. The maximum atomic E-state index is 12.7. The summed E-state index contributed by atoms with van der Waals surface area (Å²) in [6, 6.07) is 11.2. The average molecular weight is 411 g/mol. The summed E-state index contributed by atoms with van der Waals surface area (Å²) in [7, 11) is 1.58. The summed E-state index contributed by atoms with van der Waals surface area (Å²) < 4.78 is 43.6. The second-order valence-corrected chi connectivity index (χ2v) is 6.12. The molecule has 1 heterocycles. The number of nitrogens with one attached hydrogen (secondary N) is 2. The molecule has 0 aliphatic carbocycles. The van der Waals surface area contributed by atoms with E-state index in [9.17, 15) is 18.0 Å². The first-order valence-electron chi connectivity index (χ1n) is 7.93. The molecule has 0 saturated carbocycles. The Hall–Kier alpha value is -3.20. The Morgan fingerprint density at radius 2 is 1.71 bits per heavy atom. The van der Waals surface area contributed by atoms with Crippen LogP contribution in [0.3, 0.4) is 0 Å². The van der Waals surface area contributed by atoms with Crippen molar-refractivity contribution < 1.29 is 22.7 Å². The number of alkyl halides is 3. The summed E-state index contributed by atoms with van der Waals surface area (Å²) in [4.78, 5) is 12.2. The number of benzene rings is 2.